The normalized spacial score (nSPS) is 10.1. The molecule has 2 rings (SSSR count). The van der Waals surface area contributed by atoms with Gasteiger partial charge in [0.2, 0.25) is 0 Å². The molecule has 0 radical (unpaired) electrons. The fourth-order valence-corrected chi connectivity index (χ4v) is 1.86. The van der Waals surface area contributed by atoms with Gasteiger partial charge in [0.1, 0.15) is 0 Å². The second kappa shape index (κ2) is 5.90. The number of nitro groups is 1. The summed E-state index contributed by atoms with van der Waals surface area (Å²) in [4.78, 5) is 22.0. The van der Waals surface area contributed by atoms with Crippen LogP contribution in [0.1, 0.15) is 10.4 Å². The van der Waals surface area contributed by atoms with Crippen molar-refractivity contribution in [2.75, 3.05) is 5.32 Å². The summed E-state index contributed by atoms with van der Waals surface area (Å²) in [5.74, 6) is -0.377. The standard InChI is InChI=1S/C13H8Cl2N2O3/c14-9-3-1-8(2-4-9)13(18)16-12-6-5-10(17(19)20)7-11(12)15/h1-7H,(H,16,18). The van der Waals surface area contributed by atoms with Gasteiger partial charge in [0.15, 0.2) is 0 Å². The number of amides is 1. The lowest BCUT2D eigenvalue weighted by Gasteiger charge is -2.07. The van der Waals surface area contributed by atoms with Crippen LogP contribution >= 0.6 is 23.2 Å². The Balaban J connectivity index is 2.19. The Morgan fingerprint density at radius 3 is 2.30 bits per heavy atom. The monoisotopic (exact) mass is 310 g/mol. The number of hydrogen-bond acceptors (Lipinski definition) is 3. The average Bonchev–Trinajstić information content (AvgIpc) is 2.41. The van der Waals surface area contributed by atoms with Crippen molar-refractivity contribution in [3.63, 3.8) is 0 Å². The molecule has 0 saturated heterocycles. The minimum Gasteiger partial charge on any atom is -0.321 e. The predicted octanol–water partition coefficient (Wildman–Crippen LogP) is 4.15. The summed E-state index contributed by atoms with van der Waals surface area (Å²) in [6.45, 7) is 0. The van der Waals surface area contributed by atoms with E-state index >= 15 is 0 Å². The van der Waals surface area contributed by atoms with E-state index in [0.717, 1.165) is 0 Å². The van der Waals surface area contributed by atoms with Gasteiger partial charge in [0.05, 0.1) is 15.6 Å². The number of halogens is 2. The second-order valence-electron chi connectivity index (χ2n) is 3.88. The van der Waals surface area contributed by atoms with Crippen LogP contribution in [0, 0.1) is 10.1 Å². The largest absolute Gasteiger partial charge is 0.321 e. The highest BCUT2D eigenvalue weighted by Gasteiger charge is 2.12. The molecule has 1 amide bonds. The van der Waals surface area contributed by atoms with Gasteiger partial charge in [0, 0.05) is 22.7 Å². The molecule has 0 bridgehead atoms. The molecule has 0 aliphatic rings. The van der Waals surface area contributed by atoms with E-state index in [1.54, 1.807) is 24.3 Å². The van der Waals surface area contributed by atoms with Crippen molar-refractivity contribution < 1.29 is 9.72 Å². The number of carbonyl (C=O) groups is 1. The van der Waals surface area contributed by atoms with E-state index in [1.807, 2.05) is 0 Å². The third kappa shape index (κ3) is 3.26. The Morgan fingerprint density at radius 1 is 1.10 bits per heavy atom. The smallest absolute Gasteiger partial charge is 0.271 e. The topological polar surface area (TPSA) is 72.2 Å². The number of nitrogens with zero attached hydrogens (tertiary/aromatic N) is 1. The van der Waals surface area contributed by atoms with Crippen molar-refractivity contribution in [2.24, 2.45) is 0 Å². The maximum Gasteiger partial charge on any atom is 0.271 e. The van der Waals surface area contributed by atoms with Crippen molar-refractivity contribution in [2.45, 2.75) is 0 Å². The molecule has 102 valence electrons. The van der Waals surface area contributed by atoms with Crippen LogP contribution in [-0.2, 0) is 0 Å². The van der Waals surface area contributed by atoms with Crippen LogP contribution in [0.4, 0.5) is 11.4 Å². The van der Waals surface area contributed by atoms with Crippen LogP contribution in [0.5, 0.6) is 0 Å². The molecule has 0 spiro atoms. The molecule has 5 nitrogen and oxygen atoms in total. The molecular weight excluding hydrogens is 303 g/mol. The first-order chi connectivity index (χ1) is 9.47. The Morgan fingerprint density at radius 2 is 1.75 bits per heavy atom. The molecule has 20 heavy (non-hydrogen) atoms. The van der Waals surface area contributed by atoms with Crippen LogP contribution in [0.15, 0.2) is 42.5 Å². The molecule has 0 saturated carbocycles. The lowest BCUT2D eigenvalue weighted by Crippen LogP contribution is -2.12. The number of nitro benzene ring substituents is 1. The quantitative estimate of drug-likeness (QED) is 0.683. The Hall–Kier alpha value is -2.11. The SMILES string of the molecule is O=C(Nc1ccc([N+](=O)[O-])cc1Cl)c1ccc(Cl)cc1. The molecule has 0 aliphatic heterocycles. The first kappa shape index (κ1) is 14.3. The molecule has 0 aromatic heterocycles. The van der Waals surface area contributed by atoms with Gasteiger partial charge in [-0.05, 0) is 30.3 Å². The van der Waals surface area contributed by atoms with Crippen molar-refractivity contribution >= 4 is 40.5 Å². The van der Waals surface area contributed by atoms with Crippen LogP contribution in [0.3, 0.4) is 0 Å². The lowest BCUT2D eigenvalue weighted by atomic mass is 10.2. The molecule has 7 heteroatoms. The number of hydrogen-bond donors (Lipinski definition) is 1. The van der Waals surface area contributed by atoms with Crippen LogP contribution in [-0.4, -0.2) is 10.8 Å². The summed E-state index contributed by atoms with van der Waals surface area (Å²) in [6, 6.07) is 10.1. The van der Waals surface area contributed by atoms with Crippen molar-refractivity contribution in [1.82, 2.24) is 0 Å². The third-order valence-corrected chi connectivity index (χ3v) is 3.08. The fraction of sp³-hybridized carbons (Fsp3) is 0. The zero-order valence-electron chi connectivity index (χ0n) is 9.97. The van der Waals surface area contributed by atoms with Crippen molar-refractivity contribution in [3.05, 3.63) is 68.2 Å². The summed E-state index contributed by atoms with van der Waals surface area (Å²) < 4.78 is 0. The Kier molecular flexibility index (Phi) is 4.22. The van der Waals surface area contributed by atoms with E-state index in [-0.39, 0.29) is 16.6 Å². The van der Waals surface area contributed by atoms with E-state index < -0.39 is 4.92 Å². The number of rotatable bonds is 3. The van der Waals surface area contributed by atoms with Gasteiger partial charge < -0.3 is 5.32 Å². The highest BCUT2D eigenvalue weighted by Crippen LogP contribution is 2.27. The summed E-state index contributed by atoms with van der Waals surface area (Å²) in [5.41, 5.74) is 0.570. The molecule has 2 aromatic rings. The zero-order chi connectivity index (χ0) is 14.7. The summed E-state index contributed by atoms with van der Waals surface area (Å²) >= 11 is 11.6. The van der Waals surface area contributed by atoms with E-state index in [9.17, 15) is 14.9 Å². The number of carbonyl (C=O) groups excluding carboxylic acids is 1. The molecule has 0 fully saturated rings. The number of benzene rings is 2. The van der Waals surface area contributed by atoms with Gasteiger partial charge >= 0.3 is 0 Å². The lowest BCUT2D eigenvalue weighted by molar-refractivity contribution is -0.384. The molecule has 1 N–H and O–H groups in total. The minimum atomic E-state index is -0.559. The van der Waals surface area contributed by atoms with Gasteiger partial charge in [-0.15, -0.1) is 0 Å². The van der Waals surface area contributed by atoms with Gasteiger partial charge in [-0.1, -0.05) is 23.2 Å². The Bertz CT molecular complexity index is 672. The maximum atomic E-state index is 11.9. The maximum absolute atomic E-state index is 11.9. The van der Waals surface area contributed by atoms with E-state index in [1.165, 1.54) is 18.2 Å². The van der Waals surface area contributed by atoms with Gasteiger partial charge in [-0.25, -0.2) is 0 Å². The average molecular weight is 311 g/mol. The summed E-state index contributed by atoms with van der Waals surface area (Å²) in [6.07, 6.45) is 0. The van der Waals surface area contributed by atoms with Gasteiger partial charge in [-0.2, -0.15) is 0 Å². The first-order valence-electron chi connectivity index (χ1n) is 5.48. The first-order valence-corrected chi connectivity index (χ1v) is 6.24. The highest BCUT2D eigenvalue weighted by molar-refractivity contribution is 6.34. The molecule has 0 atom stereocenters. The van der Waals surface area contributed by atoms with Crippen LogP contribution in [0.2, 0.25) is 10.0 Å². The molecule has 2 aromatic carbocycles. The molecular formula is C13H8Cl2N2O3. The van der Waals surface area contributed by atoms with Crippen molar-refractivity contribution in [3.8, 4) is 0 Å². The molecule has 0 unspecified atom stereocenters. The van der Waals surface area contributed by atoms with Crippen LogP contribution < -0.4 is 5.32 Å². The van der Waals surface area contributed by atoms with Crippen LogP contribution in [0.25, 0.3) is 0 Å². The fourth-order valence-electron chi connectivity index (χ4n) is 1.51. The Labute approximate surface area is 124 Å². The number of anilines is 1. The number of non-ortho nitro benzene ring substituents is 1. The van der Waals surface area contributed by atoms with Gasteiger partial charge in [-0.3, -0.25) is 14.9 Å². The molecule has 0 heterocycles. The zero-order valence-corrected chi connectivity index (χ0v) is 11.5. The predicted molar refractivity (Wildman–Crippen MR) is 77.5 cm³/mol. The number of nitrogens with one attached hydrogen (secondary N) is 1. The third-order valence-electron chi connectivity index (χ3n) is 2.52. The summed E-state index contributed by atoms with van der Waals surface area (Å²) in [7, 11) is 0. The van der Waals surface area contributed by atoms with Gasteiger partial charge in [0.25, 0.3) is 11.6 Å². The second-order valence-corrected chi connectivity index (χ2v) is 4.73. The molecule has 0 aliphatic carbocycles. The minimum absolute atomic E-state index is 0.0986. The van der Waals surface area contributed by atoms with E-state index in [4.69, 9.17) is 23.2 Å². The van der Waals surface area contributed by atoms with E-state index in [0.29, 0.717) is 16.3 Å². The highest BCUT2D eigenvalue weighted by atomic mass is 35.5. The van der Waals surface area contributed by atoms with E-state index in [2.05, 4.69) is 5.32 Å². The summed E-state index contributed by atoms with van der Waals surface area (Å²) in [5, 5.41) is 13.8. The van der Waals surface area contributed by atoms with Crippen molar-refractivity contribution in [1.29, 1.82) is 0 Å².